The highest BCUT2D eigenvalue weighted by Gasteiger charge is 2.04. The van der Waals surface area contributed by atoms with Gasteiger partial charge in [-0.05, 0) is 25.4 Å². The molecule has 0 aromatic heterocycles. The lowest BCUT2D eigenvalue weighted by Gasteiger charge is -2.16. The van der Waals surface area contributed by atoms with E-state index in [1.165, 1.54) is 6.42 Å². The van der Waals surface area contributed by atoms with E-state index in [0.29, 0.717) is 6.04 Å². The molecule has 0 fully saturated rings. The fourth-order valence-electron chi connectivity index (χ4n) is 1.09. The molecule has 0 saturated heterocycles. The van der Waals surface area contributed by atoms with Gasteiger partial charge >= 0.3 is 0 Å². The number of hydrogen-bond acceptors (Lipinski definition) is 2. The summed E-state index contributed by atoms with van der Waals surface area (Å²) in [5, 5.41) is 3.43. The van der Waals surface area contributed by atoms with Gasteiger partial charge in [0.05, 0.1) is 0 Å². The van der Waals surface area contributed by atoms with Crippen molar-refractivity contribution in [1.82, 2.24) is 5.32 Å². The Labute approximate surface area is 84.3 Å². The van der Waals surface area contributed by atoms with Crippen LogP contribution in [-0.4, -0.2) is 19.1 Å². The quantitative estimate of drug-likeness (QED) is 0.671. The van der Waals surface area contributed by atoms with E-state index in [1.54, 1.807) is 0 Å². The summed E-state index contributed by atoms with van der Waals surface area (Å²) in [7, 11) is 0. The Kier molecular flexibility index (Phi) is 14.1. The molecule has 0 bridgehead atoms. The van der Waals surface area contributed by atoms with Crippen LogP contribution in [0.3, 0.4) is 0 Å². The molecule has 0 aromatic carbocycles. The Morgan fingerprint density at radius 1 is 1.23 bits per heavy atom. The highest BCUT2D eigenvalue weighted by molar-refractivity contribution is 4.63. The summed E-state index contributed by atoms with van der Waals surface area (Å²) in [4.78, 5) is 0. The minimum Gasteiger partial charge on any atom is -0.330 e. The Morgan fingerprint density at radius 2 is 1.77 bits per heavy atom. The topological polar surface area (TPSA) is 38.0 Å². The van der Waals surface area contributed by atoms with Gasteiger partial charge in [-0.3, -0.25) is 0 Å². The lowest BCUT2D eigenvalue weighted by Crippen LogP contribution is -2.29. The Morgan fingerprint density at radius 3 is 2.08 bits per heavy atom. The van der Waals surface area contributed by atoms with Crippen LogP contribution in [0.2, 0.25) is 0 Å². The van der Waals surface area contributed by atoms with Gasteiger partial charge in [0.2, 0.25) is 0 Å². The number of nitrogens with one attached hydrogen (secondary N) is 1. The van der Waals surface area contributed by atoms with E-state index in [2.05, 4.69) is 26.1 Å². The molecule has 0 heterocycles. The monoisotopic (exact) mass is 188 g/mol. The first-order chi connectivity index (χ1) is 6.20. The zero-order valence-electron chi connectivity index (χ0n) is 10.1. The zero-order valence-corrected chi connectivity index (χ0v) is 10.1. The van der Waals surface area contributed by atoms with Crippen molar-refractivity contribution in [2.24, 2.45) is 11.7 Å². The molecule has 0 aliphatic carbocycles. The maximum absolute atomic E-state index is 5.48. The van der Waals surface area contributed by atoms with Crippen molar-refractivity contribution in [2.75, 3.05) is 13.1 Å². The van der Waals surface area contributed by atoms with E-state index in [-0.39, 0.29) is 0 Å². The third kappa shape index (κ3) is 11.9. The van der Waals surface area contributed by atoms with Gasteiger partial charge in [0.25, 0.3) is 0 Å². The molecule has 0 saturated carbocycles. The maximum Gasteiger partial charge on any atom is 0.00104 e. The molecule has 3 N–H and O–H groups in total. The van der Waals surface area contributed by atoms with Gasteiger partial charge in [-0.25, -0.2) is 0 Å². The van der Waals surface area contributed by atoms with Crippen LogP contribution in [0, 0.1) is 5.92 Å². The van der Waals surface area contributed by atoms with Gasteiger partial charge < -0.3 is 11.1 Å². The summed E-state index contributed by atoms with van der Waals surface area (Å²) >= 11 is 0. The van der Waals surface area contributed by atoms with Crippen LogP contribution in [0.5, 0.6) is 0 Å². The summed E-state index contributed by atoms with van der Waals surface area (Å²) in [5.74, 6) is 0.766. The molecule has 0 aromatic rings. The molecule has 1 unspecified atom stereocenters. The number of hydrogen-bond donors (Lipinski definition) is 2. The highest BCUT2D eigenvalue weighted by atomic mass is 14.9. The summed E-state index contributed by atoms with van der Waals surface area (Å²) in [6, 6.07) is 0.599. The Hall–Kier alpha value is -0.0800. The largest absolute Gasteiger partial charge is 0.330 e. The molecule has 2 heteroatoms. The van der Waals surface area contributed by atoms with Gasteiger partial charge in [0, 0.05) is 6.04 Å². The number of nitrogens with two attached hydrogens (primary N) is 1. The van der Waals surface area contributed by atoms with Crippen LogP contribution >= 0.6 is 0 Å². The van der Waals surface area contributed by atoms with Crippen LogP contribution in [0.1, 0.15) is 47.5 Å². The van der Waals surface area contributed by atoms with Crippen molar-refractivity contribution in [3.05, 3.63) is 0 Å². The van der Waals surface area contributed by atoms with E-state index in [4.69, 9.17) is 5.73 Å². The molecule has 0 radical (unpaired) electrons. The minimum atomic E-state index is 0.599. The van der Waals surface area contributed by atoms with E-state index < -0.39 is 0 Å². The van der Waals surface area contributed by atoms with Crippen molar-refractivity contribution in [2.45, 2.75) is 53.5 Å². The standard InChI is InChI=1S/C9H22N2.C2H6/c1-4-9(5-6-10)7-11-8(2)3;1-2/h8-9,11H,4-7,10H2,1-3H3;1-2H3. The predicted molar refractivity (Wildman–Crippen MR) is 61.9 cm³/mol. The van der Waals surface area contributed by atoms with E-state index >= 15 is 0 Å². The summed E-state index contributed by atoms with van der Waals surface area (Å²) in [5.41, 5.74) is 5.48. The second-order valence-corrected chi connectivity index (χ2v) is 3.41. The normalized spacial score (nSPS) is 12.2. The summed E-state index contributed by atoms with van der Waals surface area (Å²) in [6.45, 7) is 12.5. The summed E-state index contributed by atoms with van der Waals surface area (Å²) < 4.78 is 0. The van der Waals surface area contributed by atoms with Crippen molar-refractivity contribution < 1.29 is 0 Å². The Bertz CT molecular complexity index is 82.2. The van der Waals surface area contributed by atoms with Gasteiger partial charge in [0.1, 0.15) is 0 Å². The van der Waals surface area contributed by atoms with E-state index in [1.807, 2.05) is 13.8 Å². The van der Waals surface area contributed by atoms with Gasteiger partial charge in [-0.15, -0.1) is 0 Å². The van der Waals surface area contributed by atoms with Crippen LogP contribution < -0.4 is 11.1 Å². The molecule has 0 aliphatic heterocycles. The van der Waals surface area contributed by atoms with Gasteiger partial charge in [0.15, 0.2) is 0 Å². The third-order valence-corrected chi connectivity index (χ3v) is 1.97. The second-order valence-electron chi connectivity index (χ2n) is 3.41. The molecule has 1 atom stereocenters. The molecule has 0 aliphatic rings. The smallest absolute Gasteiger partial charge is 0.00104 e. The second kappa shape index (κ2) is 11.9. The summed E-state index contributed by atoms with van der Waals surface area (Å²) in [6.07, 6.45) is 2.38. The number of rotatable bonds is 6. The molecule has 82 valence electrons. The SMILES string of the molecule is CC.CCC(CCN)CNC(C)C. The van der Waals surface area contributed by atoms with Crippen molar-refractivity contribution in [3.63, 3.8) is 0 Å². The molecule has 2 nitrogen and oxygen atoms in total. The molecule has 0 rings (SSSR count). The molecular weight excluding hydrogens is 160 g/mol. The van der Waals surface area contributed by atoms with Crippen LogP contribution in [0.25, 0.3) is 0 Å². The van der Waals surface area contributed by atoms with Gasteiger partial charge in [-0.1, -0.05) is 41.0 Å². The van der Waals surface area contributed by atoms with E-state index in [0.717, 1.165) is 25.4 Å². The van der Waals surface area contributed by atoms with Crippen molar-refractivity contribution in [3.8, 4) is 0 Å². The predicted octanol–water partition coefficient (Wildman–Crippen LogP) is 2.39. The first-order valence-corrected chi connectivity index (χ1v) is 5.64. The fourth-order valence-corrected chi connectivity index (χ4v) is 1.09. The Balaban J connectivity index is 0. The maximum atomic E-state index is 5.48. The van der Waals surface area contributed by atoms with Crippen molar-refractivity contribution >= 4 is 0 Å². The highest BCUT2D eigenvalue weighted by Crippen LogP contribution is 2.04. The van der Waals surface area contributed by atoms with Gasteiger partial charge in [-0.2, -0.15) is 0 Å². The first kappa shape index (κ1) is 15.4. The van der Waals surface area contributed by atoms with Crippen LogP contribution in [0.15, 0.2) is 0 Å². The fraction of sp³-hybridized carbons (Fsp3) is 1.00. The zero-order chi connectivity index (χ0) is 10.7. The molecule has 0 spiro atoms. The van der Waals surface area contributed by atoms with Crippen LogP contribution in [0.4, 0.5) is 0 Å². The molecule has 0 amide bonds. The first-order valence-electron chi connectivity index (χ1n) is 5.64. The molecule has 13 heavy (non-hydrogen) atoms. The van der Waals surface area contributed by atoms with E-state index in [9.17, 15) is 0 Å². The van der Waals surface area contributed by atoms with Crippen LogP contribution in [-0.2, 0) is 0 Å². The average Bonchev–Trinajstić information content (AvgIpc) is 2.15. The average molecular weight is 188 g/mol. The third-order valence-electron chi connectivity index (χ3n) is 1.97. The van der Waals surface area contributed by atoms with Crippen molar-refractivity contribution in [1.29, 1.82) is 0 Å². The minimum absolute atomic E-state index is 0.599. The molecular formula is C11H28N2. The lowest BCUT2D eigenvalue weighted by atomic mass is 10.0. The lowest BCUT2D eigenvalue weighted by molar-refractivity contribution is 0.418.